The molecule has 0 aliphatic rings. The van der Waals surface area contributed by atoms with Crippen molar-refractivity contribution >= 4 is 24.0 Å². The van der Waals surface area contributed by atoms with Gasteiger partial charge in [-0.25, -0.2) is 0 Å². The molecule has 0 saturated heterocycles. The Kier molecular flexibility index (Phi) is 8.63. The molecule has 1 heterocycles. The van der Waals surface area contributed by atoms with Gasteiger partial charge in [0.25, 0.3) is 11.8 Å². The number of nitrogens with one attached hydrogen (secondary N) is 3. The highest BCUT2D eigenvalue weighted by atomic mass is 32.1. The van der Waals surface area contributed by atoms with E-state index in [9.17, 15) is 9.59 Å². The number of aromatic nitrogens is 3. The highest BCUT2D eigenvalue weighted by molar-refractivity contribution is 7.71. The number of aromatic amines is 1. The Bertz CT molecular complexity index is 1190. The van der Waals surface area contributed by atoms with E-state index in [1.54, 1.807) is 37.4 Å². The van der Waals surface area contributed by atoms with Crippen molar-refractivity contribution in [1.82, 2.24) is 25.6 Å². The molecule has 0 fully saturated rings. The number of rotatable bonds is 10. The first kappa shape index (κ1) is 24.8. The van der Waals surface area contributed by atoms with Gasteiger partial charge in [-0.1, -0.05) is 13.3 Å². The largest absolute Gasteiger partial charge is 0.497 e. The molecule has 0 saturated carbocycles. The summed E-state index contributed by atoms with van der Waals surface area (Å²) >= 11 is 5.26. The number of benzene rings is 2. The van der Waals surface area contributed by atoms with E-state index in [0.29, 0.717) is 35.2 Å². The third kappa shape index (κ3) is 6.13. The maximum absolute atomic E-state index is 12.5. The fourth-order valence-electron chi connectivity index (χ4n) is 3.06. The minimum atomic E-state index is -0.502. The lowest BCUT2D eigenvalue weighted by molar-refractivity contribution is -0.122. The van der Waals surface area contributed by atoms with Crippen LogP contribution in [0.15, 0.2) is 42.5 Å². The van der Waals surface area contributed by atoms with Gasteiger partial charge in [0.15, 0.2) is 22.1 Å². The topological polar surface area (TPSA) is 120 Å². The van der Waals surface area contributed by atoms with Gasteiger partial charge in [-0.15, -0.1) is 0 Å². The summed E-state index contributed by atoms with van der Waals surface area (Å²) in [5, 5.41) is 6.89. The van der Waals surface area contributed by atoms with E-state index in [1.807, 2.05) is 12.1 Å². The Morgan fingerprint density at radius 1 is 1.06 bits per heavy atom. The van der Waals surface area contributed by atoms with E-state index >= 15 is 0 Å². The van der Waals surface area contributed by atoms with Crippen LogP contribution in [0.4, 0.5) is 0 Å². The maximum Gasteiger partial charge on any atom is 0.269 e. The number of H-pyrrole nitrogens is 1. The lowest BCUT2D eigenvalue weighted by Crippen LogP contribution is -2.43. The molecule has 1 aromatic heterocycles. The number of unbranched alkanes of at least 4 members (excludes halogenated alkanes) is 1. The van der Waals surface area contributed by atoms with Gasteiger partial charge in [0.05, 0.1) is 20.8 Å². The van der Waals surface area contributed by atoms with Crippen LogP contribution in [0.2, 0.25) is 0 Å². The van der Waals surface area contributed by atoms with Crippen molar-refractivity contribution in [3.05, 3.63) is 52.8 Å². The Labute approximate surface area is 202 Å². The molecule has 0 unspecified atom stereocenters. The maximum atomic E-state index is 12.5. The SMILES string of the molecule is CCCCOc1ccc(C(=O)NNC(=O)Cn2c(-c3ccc(OC)cc3)n[nH]c2=S)cc1OC. The Hall–Kier alpha value is -3.86. The first-order valence-electron chi connectivity index (χ1n) is 10.7. The van der Waals surface area contributed by atoms with Crippen molar-refractivity contribution in [2.24, 2.45) is 0 Å². The Morgan fingerprint density at radius 2 is 1.82 bits per heavy atom. The van der Waals surface area contributed by atoms with Crippen molar-refractivity contribution in [3.63, 3.8) is 0 Å². The summed E-state index contributed by atoms with van der Waals surface area (Å²) in [4.78, 5) is 25.0. The van der Waals surface area contributed by atoms with E-state index in [0.717, 1.165) is 18.4 Å². The molecule has 3 aromatic rings. The van der Waals surface area contributed by atoms with Gasteiger partial charge in [-0.3, -0.25) is 30.1 Å². The second-order valence-corrected chi connectivity index (χ2v) is 7.62. The number of amides is 2. The second-order valence-electron chi connectivity index (χ2n) is 7.24. The minimum absolute atomic E-state index is 0.148. The molecule has 0 aliphatic heterocycles. The third-order valence-electron chi connectivity index (χ3n) is 4.90. The second kappa shape index (κ2) is 11.8. The number of carbonyl (C=O) groups excluding carboxylic acids is 2. The van der Waals surface area contributed by atoms with E-state index in [4.69, 9.17) is 26.4 Å². The van der Waals surface area contributed by atoms with Crippen LogP contribution in [0, 0.1) is 4.77 Å². The molecule has 0 spiro atoms. The molecule has 0 aliphatic carbocycles. The zero-order valence-electron chi connectivity index (χ0n) is 19.2. The minimum Gasteiger partial charge on any atom is -0.497 e. The summed E-state index contributed by atoms with van der Waals surface area (Å²) in [6.07, 6.45) is 1.92. The molecule has 0 atom stereocenters. The number of hydrogen-bond acceptors (Lipinski definition) is 7. The van der Waals surface area contributed by atoms with Crippen molar-refractivity contribution in [2.45, 2.75) is 26.3 Å². The molecule has 2 amide bonds. The van der Waals surface area contributed by atoms with Crippen molar-refractivity contribution in [1.29, 1.82) is 0 Å². The van der Waals surface area contributed by atoms with Crippen LogP contribution < -0.4 is 25.1 Å². The fraction of sp³-hybridized carbons (Fsp3) is 0.304. The lowest BCUT2D eigenvalue weighted by Gasteiger charge is -2.13. The molecule has 3 N–H and O–H groups in total. The van der Waals surface area contributed by atoms with Crippen molar-refractivity contribution < 1.29 is 23.8 Å². The van der Waals surface area contributed by atoms with Gasteiger partial charge in [0.1, 0.15) is 12.3 Å². The molecule has 180 valence electrons. The van der Waals surface area contributed by atoms with Crippen molar-refractivity contribution in [3.8, 4) is 28.6 Å². The summed E-state index contributed by atoms with van der Waals surface area (Å²) in [6, 6.07) is 12.0. The molecule has 10 nitrogen and oxygen atoms in total. The first-order valence-corrected chi connectivity index (χ1v) is 11.1. The Morgan fingerprint density at radius 3 is 2.50 bits per heavy atom. The molecule has 34 heavy (non-hydrogen) atoms. The molecule has 0 radical (unpaired) electrons. The van der Waals surface area contributed by atoms with Crippen LogP contribution >= 0.6 is 12.2 Å². The van der Waals surface area contributed by atoms with Crippen LogP contribution in [0.3, 0.4) is 0 Å². The predicted octanol–water partition coefficient (Wildman–Crippen LogP) is 3.26. The summed E-state index contributed by atoms with van der Waals surface area (Å²) in [5.74, 6) is 1.19. The van der Waals surface area contributed by atoms with Gasteiger partial charge in [0.2, 0.25) is 0 Å². The quantitative estimate of drug-likeness (QED) is 0.229. The van der Waals surface area contributed by atoms with Gasteiger partial charge in [-0.2, -0.15) is 5.10 Å². The zero-order chi connectivity index (χ0) is 24.5. The number of hydrazine groups is 1. The summed E-state index contributed by atoms with van der Waals surface area (Å²) in [6.45, 7) is 2.48. The fourth-order valence-corrected chi connectivity index (χ4v) is 3.26. The monoisotopic (exact) mass is 485 g/mol. The predicted molar refractivity (Wildman–Crippen MR) is 128 cm³/mol. The number of ether oxygens (including phenoxy) is 3. The molecule has 0 bridgehead atoms. The highest BCUT2D eigenvalue weighted by Gasteiger charge is 2.15. The highest BCUT2D eigenvalue weighted by Crippen LogP contribution is 2.28. The third-order valence-corrected chi connectivity index (χ3v) is 5.22. The molecular formula is C23H27N5O5S. The molecule has 3 rings (SSSR count). The van der Waals surface area contributed by atoms with Crippen LogP contribution in [0.5, 0.6) is 17.2 Å². The molecule has 11 heteroatoms. The lowest BCUT2D eigenvalue weighted by atomic mass is 10.2. The number of carbonyl (C=O) groups is 2. The van der Waals surface area contributed by atoms with E-state index < -0.39 is 11.8 Å². The Balaban J connectivity index is 1.63. The van der Waals surface area contributed by atoms with Gasteiger partial charge >= 0.3 is 0 Å². The number of methoxy groups -OCH3 is 2. The first-order chi connectivity index (χ1) is 16.5. The van der Waals surface area contributed by atoms with Gasteiger partial charge in [0, 0.05) is 11.1 Å². The van der Waals surface area contributed by atoms with Crippen molar-refractivity contribution in [2.75, 3.05) is 20.8 Å². The molecule has 2 aromatic carbocycles. The average Bonchev–Trinajstić information content (AvgIpc) is 3.22. The average molecular weight is 486 g/mol. The summed E-state index contributed by atoms with van der Waals surface area (Å²) < 4.78 is 18.0. The van der Waals surface area contributed by atoms with Crippen LogP contribution in [-0.2, 0) is 11.3 Å². The molecular weight excluding hydrogens is 458 g/mol. The standard InChI is InChI=1S/C23H27N5O5S/c1-4-5-12-33-18-11-8-16(13-19(18)32-3)22(30)26-24-20(29)14-28-21(25-27-23(28)34)15-6-9-17(31-2)10-7-15/h6-11,13H,4-5,12,14H2,1-3H3,(H,24,29)(H,26,30)(H,27,34). The van der Waals surface area contributed by atoms with Crippen LogP contribution in [-0.4, -0.2) is 47.4 Å². The zero-order valence-corrected chi connectivity index (χ0v) is 20.0. The van der Waals surface area contributed by atoms with Crippen LogP contribution in [0.1, 0.15) is 30.1 Å². The number of hydrogen-bond donors (Lipinski definition) is 3. The summed E-state index contributed by atoms with van der Waals surface area (Å²) in [7, 11) is 3.08. The number of nitrogens with zero attached hydrogens (tertiary/aromatic N) is 2. The van der Waals surface area contributed by atoms with E-state index in [-0.39, 0.29) is 11.3 Å². The van der Waals surface area contributed by atoms with E-state index in [1.165, 1.54) is 11.7 Å². The van der Waals surface area contributed by atoms with Gasteiger partial charge < -0.3 is 14.2 Å². The van der Waals surface area contributed by atoms with E-state index in [2.05, 4.69) is 28.0 Å². The van der Waals surface area contributed by atoms with Gasteiger partial charge in [-0.05, 0) is 61.1 Å². The van der Waals surface area contributed by atoms with Crippen LogP contribution in [0.25, 0.3) is 11.4 Å². The summed E-state index contributed by atoms with van der Waals surface area (Å²) in [5.41, 5.74) is 5.85. The normalized spacial score (nSPS) is 10.4. The smallest absolute Gasteiger partial charge is 0.269 e.